The third kappa shape index (κ3) is 83.7. The number of esters is 4. The monoisotopic (exact) mass is 1660 g/mol. The van der Waals surface area contributed by atoms with Gasteiger partial charge in [0.1, 0.15) is 19.3 Å². The summed E-state index contributed by atoms with van der Waals surface area (Å²) in [5, 5.41) is 10.7. The molecule has 0 spiro atoms. The molecule has 0 aromatic heterocycles. The van der Waals surface area contributed by atoms with Gasteiger partial charge in [0.2, 0.25) is 0 Å². The zero-order valence-corrected chi connectivity index (χ0v) is 77.4. The molecule has 0 aliphatic rings. The molecule has 678 valence electrons. The van der Waals surface area contributed by atoms with Crippen LogP contribution in [0, 0.1) is 17.8 Å². The summed E-state index contributed by atoms with van der Waals surface area (Å²) in [5.41, 5.74) is 0. The molecular formula is C95H186O17P2. The Morgan fingerprint density at radius 3 is 0.623 bits per heavy atom. The lowest BCUT2D eigenvalue weighted by molar-refractivity contribution is -0.161. The molecule has 0 amide bonds. The minimum Gasteiger partial charge on any atom is -0.462 e. The van der Waals surface area contributed by atoms with E-state index in [1.54, 1.807) is 0 Å². The average Bonchev–Trinajstić information content (AvgIpc) is 0.899. The maximum atomic E-state index is 13.2. The van der Waals surface area contributed by atoms with Crippen molar-refractivity contribution in [2.24, 2.45) is 17.8 Å². The van der Waals surface area contributed by atoms with Gasteiger partial charge in [-0.05, 0) is 43.4 Å². The van der Waals surface area contributed by atoms with Gasteiger partial charge >= 0.3 is 39.5 Å². The minimum absolute atomic E-state index is 0.108. The van der Waals surface area contributed by atoms with Gasteiger partial charge in [-0.15, -0.1) is 0 Å². The van der Waals surface area contributed by atoms with Crippen molar-refractivity contribution in [2.45, 2.75) is 529 Å². The zero-order valence-electron chi connectivity index (χ0n) is 75.6. The van der Waals surface area contributed by atoms with Gasteiger partial charge in [-0.3, -0.25) is 37.3 Å². The first kappa shape index (κ1) is 112. The number of unbranched alkanes of at least 4 members (excludes halogenated alkanes) is 58. The van der Waals surface area contributed by atoms with Crippen molar-refractivity contribution in [3.05, 3.63) is 0 Å². The number of hydrogen-bond acceptors (Lipinski definition) is 15. The minimum atomic E-state index is -4.97. The highest BCUT2D eigenvalue weighted by Crippen LogP contribution is 2.45. The second-order valence-electron chi connectivity index (χ2n) is 34.8. The van der Waals surface area contributed by atoms with E-state index in [-0.39, 0.29) is 25.7 Å². The highest BCUT2D eigenvalue weighted by atomic mass is 31.2. The van der Waals surface area contributed by atoms with Crippen LogP contribution in [-0.2, 0) is 65.4 Å². The normalized spacial score (nSPS) is 14.4. The predicted octanol–water partition coefficient (Wildman–Crippen LogP) is 29.6. The summed E-state index contributed by atoms with van der Waals surface area (Å²) in [4.78, 5) is 73.6. The Hall–Kier alpha value is -1.94. The molecule has 0 aliphatic carbocycles. The van der Waals surface area contributed by atoms with Crippen molar-refractivity contribution in [3.8, 4) is 0 Å². The molecule has 17 nitrogen and oxygen atoms in total. The van der Waals surface area contributed by atoms with Crippen LogP contribution in [0.4, 0.5) is 0 Å². The van der Waals surface area contributed by atoms with E-state index in [2.05, 4.69) is 48.5 Å². The van der Waals surface area contributed by atoms with E-state index < -0.39 is 97.5 Å². The van der Waals surface area contributed by atoms with E-state index in [4.69, 9.17) is 37.0 Å². The largest absolute Gasteiger partial charge is 0.472 e. The van der Waals surface area contributed by atoms with Gasteiger partial charge in [0.15, 0.2) is 12.2 Å². The van der Waals surface area contributed by atoms with Crippen LogP contribution >= 0.6 is 15.6 Å². The van der Waals surface area contributed by atoms with E-state index in [0.717, 1.165) is 108 Å². The molecule has 19 heteroatoms. The van der Waals surface area contributed by atoms with E-state index in [0.29, 0.717) is 25.7 Å². The number of carbonyl (C=O) groups excluding carboxylic acids is 4. The van der Waals surface area contributed by atoms with Gasteiger partial charge in [-0.2, -0.15) is 0 Å². The molecule has 0 aromatic carbocycles. The number of carbonyl (C=O) groups is 4. The summed E-state index contributed by atoms with van der Waals surface area (Å²) in [5.74, 6) is 0.499. The van der Waals surface area contributed by atoms with Gasteiger partial charge in [0.05, 0.1) is 26.4 Å². The van der Waals surface area contributed by atoms with Crippen LogP contribution in [-0.4, -0.2) is 96.7 Å². The van der Waals surface area contributed by atoms with Crippen molar-refractivity contribution < 1.29 is 80.2 Å². The van der Waals surface area contributed by atoms with Crippen molar-refractivity contribution in [1.29, 1.82) is 0 Å². The highest BCUT2D eigenvalue weighted by molar-refractivity contribution is 7.47. The van der Waals surface area contributed by atoms with Crippen LogP contribution in [0.1, 0.15) is 511 Å². The highest BCUT2D eigenvalue weighted by Gasteiger charge is 2.31. The summed E-state index contributed by atoms with van der Waals surface area (Å²) < 4.78 is 69.2. The van der Waals surface area contributed by atoms with Crippen LogP contribution in [0.2, 0.25) is 0 Å². The first-order chi connectivity index (χ1) is 55.3. The Morgan fingerprint density at radius 1 is 0.246 bits per heavy atom. The summed E-state index contributed by atoms with van der Waals surface area (Å²) in [6, 6.07) is 0. The van der Waals surface area contributed by atoms with Gasteiger partial charge in [0, 0.05) is 25.7 Å². The lowest BCUT2D eigenvalue weighted by Gasteiger charge is -2.21. The Balaban J connectivity index is 5.25. The second kappa shape index (κ2) is 84.7. The number of aliphatic hydroxyl groups excluding tert-OH is 1. The molecule has 0 bridgehead atoms. The summed E-state index contributed by atoms with van der Waals surface area (Å²) in [7, 11) is -9.94. The lowest BCUT2D eigenvalue weighted by Crippen LogP contribution is -2.30. The fraction of sp³-hybridized carbons (Fsp3) is 0.958. The van der Waals surface area contributed by atoms with Crippen LogP contribution in [0.5, 0.6) is 0 Å². The number of rotatable bonds is 93. The Morgan fingerprint density at radius 2 is 0.421 bits per heavy atom. The van der Waals surface area contributed by atoms with Crippen LogP contribution in [0.15, 0.2) is 0 Å². The van der Waals surface area contributed by atoms with Gasteiger partial charge in [-0.1, -0.05) is 459 Å². The third-order valence-corrected chi connectivity index (χ3v) is 25.4. The number of hydrogen-bond donors (Lipinski definition) is 3. The molecule has 0 fully saturated rings. The molecule has 0 rings (SSSR count). The van der Waals surface area contributed by atoms with Gasteiger partial charge in [0.25, 0.3) is 0 Å². The lowest BCUT2D eigenvalue weighted by atomic mass is 9.99. The second-order valence-corrected chi connectivity index (χ2v) is 37.7. The number of ether oxygens (including phenoxy) is 4. The van der Waals surface area contributed by atoms with Gasteiger partial charge in [-0.25, -0.2) is 9.13 Å². The third-order valence-electron chi connectivity index (χ3n) is 23.5. The van der Waals surface area contributed by atoms with E-state index >= 15 is 0 Å². The quantitative estimate of drug-likeness (QED) is 0.0222. The molecule has 5 unspecified atom stereocenters. The Kier molecular flexibility index (Phi) is 83.2. The molecule has 8 atom stereocenters. The first-order valence-electron chi connectivity index (χ1n) is 49.0. The van der Waals surface area contributed by atoms with Crippen molar-refractivity contribution in [1.82, 2.24) is 0 Å². The zero-order chi connectivity index (χ0) is 83.6. The standard InChI is InChI=1S/C95H186O17P2/c1-8-12-13-14-15-16-17-41-48-55-62-69-76-92(97)105-82-90(111-95(100)79-72-65-58-51-44-37-31-30-34-40-47-54-61-68-75-88(7)11-4)84-109-113(101,102)107-80-89(96)81-108-114(103,104)110-85-91(112-94(99)78-71-64-57-50-43-36-29-25-21-19-23-27-33-39-46-53-60-67-74-87(6)10-3)83-106-93(98)77-70-63-56-49-42-35-28-24-20-18-22-26-32-38-45-52-59-66-73-86(5)9-2/h86-91,96H,8-85H2,1-7H3,(H,101,102)(H,103,104)/t86?,87?,88?,89-,90+,91+/m0/s1. The Labute approximate surface area is 702 Å². The molecular weight excluding hydrogens is 1470 g/mol. The molecule has 0 radical (unpaired) electrons. The van der Waals surface area contributed by atoms with Crippen LogP contribution < -0.4 is 0 Å². The fourth-order valence-electron chi connectivity index (χ4n) is 14.9. The predicted molar refractivity (Wildman–Crippen MR) is 474 cm³/mol. The fourth-order valence-corrected chi connectivity index (χ4v) is 16.4. The number of aliphatic hydroxyl groups is 1. The summed E-state index contributed by atoms with van der Waals surface area (Å²) >= 11 is 0. The molecule has 0 aromatic rings. The van der Waals surface area contributed by atoms with Crippen LogP contribution in [0.25, 0.3) is 0 Å². The van der Waals surface area contributed by atoms with Crippen LogP contribution in [0.3, 0.4) is 0 Å². The summed E-state index contributed by atoms with van der Waals surface area (Å²) in [6.45, 7) is 12.2. The van der Waals surface area contributed by atoms with Gasteiger partial charge < -0.3 is 33.8 Å². The van der Waals surface area contributed by atoms with E-state index in [1.807, 2.05) is 0 Å². The molecule has 0 aliphatic heterocycles. The van der Waals surface area contributed by atoms with E-state index in [9.17, 15) is 43.2 Å². The van der Waals surface area contributed by atoms with Crippen molar-refractivity contribution >= 4 is 39.5 Å². The molecule has 0 saturated carbocycles. The molecule has 114 heavy (non-hydrogen) atoms. The topological polar surface area (TPSA) is 237 Å². The Bertz CT molecular complexity index is 2190. The van der Waals surface area contributed by atoms with Crippen molar-refractivity contribution in [2.75, 3.05) is 39.6 Å². The smallest absolute Gasteiger partial charge is 0.462 e. The van der Waals surface area contributed by atoms with Crippen molar-refractivity contribution in [3.63, 3.8) is 0 Å². The maximum absolute atomic E-state index is 13.2. The average molecular weight is 1660 g/mol. The number of phosphoric acid groups is 2. The molecule has 0 saturated heterocycles. The molecule has 0 heterocycles. The maximum Gasteiger partial charge on any atom is 0.472 e. The molecule has 3 N–H and O–H groups in total. The first-order valence-corrected chi connectivity index (χ1v) is 52.0. The summed E-state index contributed by atoms with van der Waals surface area (Å²) in [6.07, 6.45) is 79.0. The number of phosphoric ester groups is 2. The van der Waals surface area contributed by atoms with E-state index in [1.165, 1.54) is 321 Å². The SMILES string of the molecule is CCCCCCCCCCCCCCC(=O)OC[C@H](COP(=O)(O)OC[C@H](O)COP(=O)(O)OC[C@@H](COC(=O)CCCCCCCCCCCCCCCCCCCCC(C)CC)OC(=O)CCCCCCCCCCCCCCCCCCCCC(C)CC)OC(=O)CCCCCCCCCCCCCCCCC(C)CC.